The number of rotatable bonds is 1. The van der Waals surface area contributed by atoms with Crippen molar-refractivity contribution in [3.8, 4) is 0 Å². The minimum atomic E-state index is -1.28. The van der Waals surface area contributed by atoms with E-state index in [9.17, 15) is 4.21 Å². The fourth-order valence-electron chi connectivity index (χ4n) is 1.74. The van der Waals surface area contributed by atoms with Gasteiger partial charge in [-0.3, -0.25) is 0 Å². The van der Waals surface area contributed by atoms with E-state index in [4.69, 9.17) is 0 Å². The van der Waals surface area contributed by atoms with Gasteiger partial charge in [-0.25, -0.2) is 4.21 Å². The lowest BCUT2D eigenvalue weighted by Gasteiger charge is -2.05. The number of amidine groups is 1. The van der Waals surface area contributed by atoms with Crippen molar-refractivity contribution < 1.29 is 4.21 Å². The lowest BCUT2D eigenvalue weighted by Crippen LogP contribution is -2.10. The lowest BCUT2D eigenvalue weighted by atomic mass is 10.2. The Kier molecular flexibility index (Phi) is 2.49. The van der Waals surface area contributed by atoms with E-state index in [0.717, 1.165) is 16.1 Å². The molecule has 84 valence electrons. The van der Waals surface area contributed by atoms with Gasteiger partial charge in [0.05, 0.1) is 4.90 Å². The van der Waals surface area contributed by atoms with Crippen molar-refractivity contribution >= 4 is 22.5 Å². The van der Waals surface area contributed by atoms with Gasteiger partial charge in [0.2, 0.25) is 0 Å². The minimum absolute atomic E-state index is 0.671. The quantitative estimate of drug-likeness (QED) is 0.835. The normalized spacial score (nSPS) is 17.4. The maximum absolute atomic E-state index is 11.7. The molecule has 1 heterocycles. The van der Waals surface area contributed by atoms with Gasteiger partial charge in [-0.15, -0.1) is 0 Å². The van der Waals surface area contributed by atoms with Crippen molar-refractivity contribution in [2.45, 2.75) is 4.90 Å². The van der Waals surface area contributed by atoms with Crippen LogP contribution in [0.3, 0.4) is 0 Å². The zero-order chi connectivity index (χ0) is 11.7. The summed E-state index contributed by atoms with van der Waals surface area (Å²) in [5.74, 6) is 0.671. The molecule has 17 heavy (non-hydrogen) atoms. The van der Waals surface area contributed by atoms with E-state index in [1.807, 2.05) is 54.6 Å². The lowest BCUT2D eigenvalue weighted by molar-refractivity contribution is 0.685. The highest BCUT2D eigenvalue weighted by Crippen LogP contribution is 2.23. The maximum Gasteiger partial charge on any atom is 0.175 e. The van der Waals surface area contributed by atoms with Crippen LogP contribution in [0.5, 0.6) is 0 Å². The number of nitrogens with one attached hydrogen (secondary N) is 1. The van der Waals surface area contributed by atoms with Crippen molar-refractivity contribution in [2.24, 2.45) is 4.40 Å². The largest absolute Gasteiger partial charge is 0.339 e. The van der Waals surface area contributed by atoms with Crippen LogP contribution in [-0.2, 0) is 11.0 Å². The Bertz CT molecular complexity index is 608. The molecule has 3 rings (SSSR count). The van der Waals surface area contributed by atoms with Gasteiger partial charge < -0.3 is 5.32 Å². The summed E-state index contributed by atoms with van der Waals surface area (Å²) in [6, 6.07) is 17.3. The van der Waals surface area contributed by atoms with E-state index in [0.29, 0.717) is 5.84 Å². The first-order valence-electron chi connectivity index (χ1n) is 5.27. The molecule has 2 aromatic carbocycles. The third-order valence-corrected chi connectivity index (χ3v) is 3.62. The molecule has 2 aromatic rings. The zero-order valence-electron chi connectivity index (χ0n) is 8.96. The summed E-state index contributed by atoms with van der Waals surface area (Å²) in [5, 5.41) is 3.18. The molecule has 1 unspecified atom stereocenters. The van der Waals surface area contributed by atoms with Crippen LogP contribution >= 0.6 is 0 Å². The summed E-state index contributed by atoms with van der Waals surface area (Å²) >= 11 is 0. The molecule has 0 saturated heterocycles. The highest BCUT2D eigenvalue weighted by atomic mass is 32.2. The molecule has 1 N–H and O–H groups in total. The average molecular weight is 242 g/mol. The van der Waals surface area contributed by atoms with Gasteiger partial charge >= 0.3 is 0 Å². The Morgan fingerprint density at radius 1 is 0.941 bits per heavy atom. The molecule has 4 heteroatoms. The van der Waals surface area contributed by atoms with E-state index in [-0.39, 0.29) is 0 Å². The predicted octanol–water partition coefficient (Wildman–Crippen LogP) is 2.58. The van der Waals surface area contributed by atoms with Crippen LogP contribution < -0.4 is 5.32 Å². The monoisotopic (exact) mass is 242 g/mol. The van der Waals surface area contributed by atoms with Gasteiger partial charge in [0.25, 0.3) is 0 Å². The number of para-hydroxylation sites is 1. The van der Waals surface area contributed by atoms with Crippen LogP contribution in [-0.4, -0.2) is 10.0 Å². The van der Waals surface area contributed by atoms with Crippen LogP contribution in [0.15, 0.2) is 63.9 Å². The summed E-state index contributed by atoms with van der Waals surface area (Å²) in [7, 11) is -1.28. The standard InChI is InChI=1S/C13H10N2OS/c16-17-12-9-5-4-8-11(12)13(15-17)14-10-6-2-1-3-7-10/h1-9H,(H,14,15). The molecule has 3 nitrogen and oxygen atoms in total. The van der Waals surface area contributed by atoms with Crippen molar-refractivity contribution in [3.05, 3.63) is 60.2 Å². The second-order valence-electron chi connectivity index (χ2n) is 3.68. The first-order valence-corrected chi connectivity index (χ1v) is 6.37. The third kappa shape index (κ3) is 1.87. The Morgan fingerprint density at radius 3 is 2.47 bits per heavy atom. The second-order valence-corrected chi connectivity index (χ2v) is 4.80. The zero-order valence-corrected chi connectivity index (χ0v) is 9.78. The Labute approximate surface area is 102 Å². The molecular weight excluding hydrogens is 232 g/mol. The maximum atomic E-state index is 11.7. The van der Waals surface area contributed by atoms with Gasteiger partial charge in [0, 0.05) is 11.3 Å². The molecule has 0 aromatic heterocycles. The van der Waals surface area contributed by atoms with Gasteiger partial charge in [-0.2, -0.15) is 4.40 Å². The highest BCUT2D eigenvalue weighted by Gasteiger charge is 2.21. The fraction of sp³-hybridized carbons (Fsp3) is 0. The Balaban J connectivity index is 1.96. The molecule has 0 fully saturated rings. The Morgan fingerprint density at radius 2 is 1.65 bits per heavy atom. The van der Waals surface area contributed by atoms with Crippen LogP contribution in [0.1, 0.15) is 5.56 Å². The van der Waals surface area contributed by atoms with Gasteiger partial charge in [-0.1, -0.05) is 30.3 Å². The molecule has 1 atom stereocenters. The summed E-state index contributed by atoms with van der Waals surface area (Å²) in [6.07, 6.45) is 0. The number of anilines is 1. The van der Waals surface area contributed by atoms with Crippen LogP contribution in [0.4, 0.5) is 5.69 Å². The average Bonchev–Trinajstić information content (AvgIpc) is 2.69. The molecule has 0 amide bonds. The molecular formula is C13H10N2OS. The number of hydrogen-bond donors (Lipinski definition) is 1. The van der Waals surface area contributed by atoms with E-state index in [2.05, 4.69) is 9.71 Å². The van der Waals surface area contributed by atoms with E-state index >= 15 is 0 Å². The highest BCUT2D eigenvalue weighted by molar-refractivity contribution is 7.84. The van der Waals surface area contributed by atoms with Gasteiger partial charge in [-0.05, 0) is 24.3 Å². The van der Waals surface area contributed by atoms with Gasteiger partial charge in [0.1, 0.15) is 5.84 Å². The number of hydrogen-bond acceptors (Lipinski definition) is 2. The molecule has 1 aliphatic rings. The van der Waals surface area contributed by atoms with E-state index in [1.54, 1.807) is 0 Å². The van der Waals surface area contributed by atoms with Crippen LogP contribution in [0.2, 0.25) is 0 Å². The predicted molar refractivity (Wildman–Crippen MR) is 69.5 cm³/mol. The van der Waals surface area contributed by atoms with Crippen molar-refractivity contribution in [2.75, 3.05) is 5.32 Å². The third-order valence-electron chi connectivity index (χ3n) is 2.54. The molecule has 0 saturated carbocycles. The first-order chi connectivity index (χ1) is 8.34. The number of fused-ring (bicyclic) bond motifs is 1. The van der Waals surface area contributed by atoms with Gasteiger partial charge in [0.15, 0.2) is 11.0 Å². The molecule has 0 spiro atoms. The van der Waals surface area contributed by atoms with E-state index in [1.165, 1.54) is 0 Å². The summed E-state index contributed by atoms with van der Waals surface area (Å²) in [6.45, 7) is 0. The molecule has 1 aliphatic heterocycles. The van der Waals surface area contributed by atoms with E-state index < -0.39 is 11.0 Å². The van der Waals surface area contributed by atoms with Crippen LogP contribution in [0.25, 0.3) is 0 Å². The summed E-state index contributed by atoms with van der Waals surface area (Å²) < 4.78 is 15.9. The van der Waals surface area contributed by atoms with Crippen molar-refractivity contribution in [1.82, 2.24) is 0 Å². The summed E-state index contributed by atoms with van der Waals surface area (Å²) in [4.78, 5) is 0.769. The Hall–Kier alpha value is -1.94. The SMILES string of the molecule is O=S1N=C(Nc2ccccc2)c2ccccc21. The van der Waals surface area contributed by atoms with Crippen LogP contribution in [0, 0.1) is 0 Å². The number of nitrogens with zero attached hydrogens (tertiary/aromatic N) is 1. The summed E-state index contributed by atoms with van der Waals surface area (Å²) in [5.41, 5.74) is 1.86. The molecule has 0 radical (unpaired) electrons. The first kappa shape index (κ1) is 10.2. The minimum Gasteiger partial charge on any atom is -0.339 e. The van der Waals surface area contributed by atoms with Crippen molar-refractivity contribution in [3.63, 3.8) is 0 Å². The fourth-order valence-corrected chi connectivity index (χ4v) is 2.70. The molecule has 0 bridgehead atoms. The number of benzene rings is 2. The smallest absolute Gasteiger partial charge is 0.175 e. The van der Waals surface area contributed by atoms with Crippen molar-refractivity contribution in [1.29, 1.82) is 0 Å². The molecule has 0 aliphatic carbocycles. The second kappa shape index (κ2) is 4.14. The topological polar surface area (TPSA) is 41.5 Å².